The lowest BCUT2D eigenvalue weighted by atomic mass is 9.81. The van der Waals surface area contributed by atoms with E-state index < -0.39 is 24.3 Å². The standard InChI is InChI=1S/C35H34BrClFN3O6/c36-28-14-11-24(38)16-31(28)47-15-3-4-21-7-9-22(10-8-21)27-17-26-19-39(34(43)44)20-30(41(26)35(45)46)32(27)33(42)40(25-12-13-25)18-23-5-1-2-6-29(23)37/h1-2,5-11,14,16,25-26,30H,3-4,12-13,15,17-20H2,(H,43,44)(H,45,46). The number of aryl methyl sites for hydroxylation is 1. The highest BCUT2D eigenvalue weighted by molar-refractivity contribution is 9.10. The lowest BCUT2D eigenvalue weighted by Crippen LogP contribution is -2.65. The van der Waals surface area contributed by atoms with E-state index in [0.717, 1.165) is 35.1 Å². The maximum atomic E-state index is 14.6. The summed E-state index contributed by atoms with van der Waals surface area (Å²) in [6.45, 7) is 0.547. The SMILES string of the molecule is O=C(O)N1CC2CC(c3ccc(CCCOc4cc(F)ccc4Br)cc3)=C(C(=O)N(Cc3ccccc3Cl)C3CC3)C(C1)N2C(=O)O. The molecule has 3 amide bonds. The van der Waals surface area contributed by atoms with Gasteiger partial charge in [-0.3, -0.25) is 9.69 Å². The van der Waals surface area contributed by atoms with Crippen LogP contribution in [0.2, 0.25) is 5.02 Å². The molecule has 246 valence electrons. The van der Waals surface area contributed by atoms with Crippen LogP contribution in [-0.4, -0.2) is 80.8 Å². The molecule has 2 fully saturated rings. The first-order chi connectivity index (χ1) is 22.6. The van der Waals surface area contributed by atoms with Crippen LogP contribution in [0, 0.1) is 5.82 Å². The highest BCUT2D eigenvalue weighted by Gasteiger charge is 2.49. The summed E-state index contributed by atoms with van der Waals surface area (Å²) in [7, 11) is 0. The minimum atomic E-state index is -1.18. The van der Waals surface area contributed by atoms with Gasteiger partial charge in [-0.15, -0.1) is 0 Å². The molecule has 3 aromatic carbocycles. The van der Waals surface area contributed by atoms with E-state index in [9.17, 15) is 29.0 Å². The van der Waals surface area contributed by atoms with Crippen LogP contribution < -0.4 is 4.74 Å². The van der Waals surface area contributed by atoms with Crippen LogP contribution in [0.4, 0.5) is 14.0 Å². The molecule has 2 N–H and O–H groups in total. The summed E-state index contributed by atoms with van der Waals surface area (Å²) in [6.07, 6.45) is 0.922. The van der Waals surface area contributed by atoms with Crippen molar-refractivity contribution >= 4 is 51.2 Å². The van der Waals surface area contributed by atoms with E-state index in [1.807, 2.05) is 42.5 Å². The second-order valence-electron chi connectivity index (χ2n) is 12.1. The quantitative estimate of drug-likeness (QED) is 0.212. The van der Waals surface area contributed by atoms with Crippen LogP contribution in [0.1, 0.15) is 42.4 Å². The maximum Gasteiger partial charge on any atom is 0.408 e. The molecule has 1 saturated carbocycles. The number of fused-ring (bicyclic) bond motifs is 2. The number of carbonyl (C=O) groups excluding carboxylic acids is 1. The summed E-state index contributed by atoms with van der Waals surface area (Å²) in [5.41, 5.74) is 3.69. The van der Waals surface area contributed by atoms with Gasteiger partial charge < -0.3 is 24.7 Å². The number of rotatable bonds is 10. The van der Waals surface area contributed by atoms with Crippen LogP contribution >= 0.6 is 27.5 Å². The molecule has 2 unspecified atom stereocenters. The topological polar surface area (TPSA) is 111 Å². The fraction of sp³-hybridized carbons (Fsp3) is 0.343. The summed E-state index contributed by atoms with van der Waals surface area (Å²) in [5.74, 6) is -0.225. The predicted molar refractivity (Wildman–Crippen MR) is 178 cm³/mol. The first-order valence-corrected chi connectivity index (χ1v) is 16.7. The third kappa shape index (κ3) is 7.26. The van der Waals surface area contributed by atoms with Crippen molar-refractivity contribution < 1.29 is 33.7 Å². The molecule has 3 aromatic rings. The van der Waals surface area contributed by atoms with Gasteiger partial charge in [0.25, 0.3) is 5.91 Å². The van der Waals surface area contributed by atoms with E-state index in [2.05, 4.69) is 15.9 Å². The van der Waals surface area contributed by atoms with Crippen molar-refractivity contribution in [3.8, 4) is 5.75 Å². The molecule has 0 radical (unpaired) electrons. The van der Waals surface area contributed by atoms with Gasteiger partial charge in [0.1, 0.15) is 11.6 Å². The van der Waals surface area contributed by atoms with Gasteiger partial charge >= 0.3 is 12.2 Å². The number of hydrogen-bond acceptors (Lipinski definition) is 4. The molecule has 1 aliphatic carbocycles. The second kappa shape index (κ2) is 13.9. The van der Waals surface area contributed by atoms with Crippen molar-refractivity contribution in [1.82, 2.24) is 14.7 Å². The minimum absolute atomic E-state index is 0.0136. The fourth-order valence-corrected chi connectivity index (χ4v) is 7.09. The molecule has 2 bridgehead atoms. The average molecular weight is 727 g/mol. The largest absolute Gasteiger partial charge is 0.492 e. The van der Waals surface area contributed by atoms with Gasteiger partial charge in [-0.2, -0.15) is 0 Å². The van der Waals surface area contributed by atoms with Crippen LogP contribution in [0.5, 0.6) is 5.75 Å². The number of hydrogen-bond donors (Lipinski definition) is 2. The molecule has 12 heteroatoms. The summed E-state index contributed by atoms with van der Waals surface area (Å²) < 4.78 is 20.0. The van der Waals surface area contributed by atoms with Gasteiger partial charge in [0.2, 0.25) is 0 Å². The van der Waals surface area contributed by atoms with E-state index in [4.69, 9.17) is 16.3 Å². The lowest BCUT2D eigenvalue weighted by molar-refractivity contribution is -0.129. The Kier molecular flexibility index (Phi) is 9.75. The molecule has 1 saturated heterocycles. The van der Waals surface area contributed by atoms with Gasteiger partial charge in [0.05, 0.1) is 23.2 Å². The van der Waals surface area contributed by atoms with Gasteiger partial charge in [0.15, 0.2) is 0 Å². The van der Waals surface area contributed by atoms with Crippen LogP contribution in [0.15, 0.2) is 76.8 Å². The molecule has 9 nitrogen and oxygen atoms in total. The minimum Gasteiger partial charge on any atom is -0.492 e. The first kappa shape index (κ1) is 32.8. The van der Waals surface area contributed by atoms with Gasteiger partial charge in [0, 0.05) is 42.3 Å². The van der Waals surface area contributed by atoms with Crippen molar-refractivity contribution in [2.45, 2.75) is 56.8 Å². The molecule has 0 spiro atoms. The van der Waals surface area contributed by atoms with Crippen molar-refractivity contribution in [2.24, 2.45) is 0 Å². The number of nitrogens with zero attached hydrogens (tertiary/aromatic N) is 3. The van der Waals surface area contributed by atoms with E-state index in [-0.39, 0.29) is 43.8 Å². The van der Waals surface area contributed by atoms with E-state index in [0.29, 0.717) is 40.3 Å². The summed E-state index contributed by atoms with van der Waals surface area (Å²) >= 11 is 9.85. The summed E-state index contributed by atoms with van der Waals surface area (Å²) in [4.78, 5) is 43.5. The fourth-order valence-electron chi connectivity index (χ4n) is 6.54. The number of ether oxygens (including phenoxy) is 1. The van der Waals surface area contributed by atoms with Crippen molar-refractivity contribution in [1.29, 1.82) is 0 Å². The van der Waals surface area contributed by atoms with Crippen molar-refractivity contribution in [2.75, 3.05) is 19.7 Å². The van der Waals surface area contributed by atoms with E-state index >= 15 is 0 Å². The molecular formula is C35H34BrClFN3O6. The highest BCUT2D eigenvalue weighted by atomic mass is 79.9. The summed E-state index contributed by atoms with van der Waals surface area (Å²) in [6, 6.07) is 17.9. The number of amides is 3. The zero-order chi connectivity index (χ0) is 33.2. The maximum absolute atomic E-state index is 14.6. The number of carboxylic acid groups (broad SMARTS) is 2. The Bertz CT molecular complexity index is 1720. The van der Waals surface area contributed by atoms with Gasteiger partial charge in [-0.05, 0) is 88.5 Å². The predicted octanol–water partition coefficient (Wildman–Crippen LogP) is 7.31. The Morgan fingerprint density at radius 3 is 2.43 bits per heavy atom. The van der Waals surface area contributed by atoms with Gasteiger partial charge in [-0.1, -0.05) is 54.1 Å². The van der Waals surface area contributed by atoms with E-state index in [1.165, 1.54) is 21.9 Å². The van der Waals surface area contributed by atoms with Crippen LogP contribution in [0.3, 0.4) is 0 Å². The zero-order valence-electron chi connectivity index (χ0n) is 25.4. The Hall–Kier alpha value is -4.09. The smallest absolute Gasteiger partial charge is 0.408 e. The zero-order valence-corrected chi connectivity index (χ0v) is 27.8. The van der Waals surface area contributed by atoms with Crippen molar-refractivity contribution in [3.63, 3.8) is 0 Å². The molecular weight excluding hydrogens is 693 g/mol. The lowest BCUT2D eigenvalue weighted by Gasteiger charge is -2.49. The molecule has 6 rings (SSSR count). The number of piperazine rings is 1. The third-order valence-electron chi connectivity index (χ3n) is 8.98. The molecule has 0 aromatic heterocycles. The Morgan fingerprint density at radius 1 is 1.00 bits per heavy atom. The second-order valence-corrected chi connectivity index (χ2v) is 13.4. The molecule has 47 heavy (non-hydrogen) atoms. The summed E-state index contributed by atoms with van der Waals surface area (Å²) in [5, 5.41) is 20.7. The third-order valence-corrected chi connectivity index (χ3v) is 10.0. The first-order valence-electron chi connectivity index (χ1n) is 15.5. The Morgan fingerprint density at radius 2 is 1.74 bits per heavy atom. The van der Waals surface area contributed by atoms with E-state index in [1.54, 1.807) is 17.0 Å². The van der Waals surface area contributed by atoms with Crippen molar-refractivity contribution in [3.05, 3.63) is 104 Å². The molecule has 3 aliphatic rings. The Balaban J connectivity index is 1.29. The normalized spacial score (nSPS) is 19.0. The number of benzene rings is 3. The Labute approximate surface area is 285 Å². The number of halogens is 3. The van der Waals surface area contributed by atoms with Crippen LogP contribution in [0.25, 0.3) is 5.57 Å². The average Bonchev–Trinajstić information content (AvgIpc) is 3.89. The number of carbonyl (C=O) groups is 3. The molecule has 2 heterocycles. The molecule has 2 atom stereocenters. The monoisotopic (exact) mass is 725 g/mol. The van der Waals surface area contributed by atoms with Crippen LogP contribution in [-0.2, 0) is 17.8 Å². The van der Waals surface area contributed by atoms with Gasteiger partial charge in [-0.25, -0.2) is 14.0 Å². The molecule has 2 aliphatic heterocycles. The highest BCUT2D eigenvalue weighted by Crippen LogP contribution is 2.41.